The average molecular weight is 460 g/mol. The Morgan fingerprint density at radius 1 is 1.34 bits per heavy atom. The molecule has 0 aromatic carbocycles. The molecule has 2 saturated heterocycles. The van der Waals surface area contributed by atoms with Gasteiger partial charge in [0.05, 0.1) is 19.3 Å². The van der Waals surface area contributed by atoms with Crippen molar-refractivity contribution < 1.29 is 41.7 Å². The third-order valence-corrected chi connectivity index (χ3v) is 4.90. The van der Waals surface area contributed by atoms with Crippen molar-refractivity contribution in [1.29, 1.82) is 0 Å². The van der Waals surface area contributed by atoms with Gasteiger partial charge in [-0.1, -0.05) is 0 Å². The Morgan fingerprint density at radius 3 is 2.75 bits per heavy atom. The highest BCUT2D eigenvalue weighted by Gasteiger charge is 2.47. The highest BCUT2D eigenvalue weighted by molar-refractivity contribution is 5.73. The first-order valence-corrected chi connectivity index (χ1v) is 9.44. The van der Waals surface area contributed by atoms with Gasteiger partial charge in [0.25, 0.3) is 5.88 Å². The van der Waals surface area contributed by atoms with E-state index in [1.54, 1.807) is 13.2 Å². The number of alkyl halides is 3. The van der Waals surface area contributed by atoms with Crippen molar-refractivity contribution in [3.63, 3.8) is 0 Å². The number of carboxylic acids is 1. The van der Waals surface area contributed by atoms with E-state index < -0.39 is 18.0 Å². The fourth-order valence-corrected chi connectivity index (χ4v) is 3.43. The molecule has 2 atom stereocenters. The van der Waals surface area contributed by atoms with E-state index in [9.17, 15) is 17.6 Å². The maximum atomic E-state index is 13.7. The zero-order valence-electron chi connectivity index (χ0n) is 16.9. The number of ether oxygens (including phenoxy) is 3. The van der Waals surface area contributed by atoms with Crippen molar-refractivity contribution in [3.8, 4) is 11.8 Å². The number of methoxy groups -OCH3 is 1. The Bertz CT molecular complexity index is 948. The summed E-state index contributed by atoms with van der Waals surface area (Å²) in [5, 5.41) is 7.12. The third-order valence-electron chi connectivity index (χ3n) is 4.90. The van der Waals surface area contributed by atoms with Gasteiger partial charge >= 0.3 is 12.1 Å². The van der Waals surface area contributed by atoms with Gasteiger partial charge in [0.1, 0.15) is 18.2 Å². The largest absolute Gasteiger partial charge is 0.490 e. The van der Waals surface area contributed by atoms with Crippen LogP contribution in [0.5, 0.6) is 11.8 Å². The summed E-state index contributed by atoms with van der Waals surface area (Å²) in [5.41, 5.74) is -0.298. The second-order valence-electron chi connectivity index (χ2n) is 7.12. The monoisotopic (exact) mass is 460 g/mol. The Morgan fingerprint density at radius 2 is 2.09 bits per heavy atom. The van der Waals surface area contributed by atoms with Crippen LogP contribution < -0.4 is 14.4 Å². The summed E-state index contributed by atoms with van der Waals surface area (Å²) >= 11 is 0. The van der Waals surface area contributed by atoms with Crippen LogP contribution in [0.3, 0.4) is 0 Å². The average Bonchev–Trinajstić information content (AvgIpc) is 3.36. The van der Waals surface area contributed by atoms with E-state index >= 15 is 0 Å². The van der Waals surface area contributed by atoms with Crippen LogP contribution in [0, 0.1) is 5.82 Å². The van der Waals surface area contributed by atoms with Crippen molar-refractivity contribution in [2.75, 3.05) is 31.7 Å². The molecule has 0 saturated carbocycles. The van der Waals surface area contributed by atoms with Gasteiger partial charge in [-0.15, -0.1) is 0 Å². The van der Waals surface area contributed by atoms with Crippen molar-refractivity contribution in [2.45, 2.75) is 30.7 Å². The summed E-state index contributed by atoms with van der Waals surface area (Å²) in [6, 6.07) is 4.69. The summed E-state index contributed by atoms with van der Waals surface area (Å²) in [7, 11) is 1.58. The molecule has 2 aromatic rings. The third kappa shape index (κ3) is 5.72. The second-order valence-corrected chi connectivity index (χ2v) is 7.12. The first kappa shape index (κ1) is 23.4. The Balaban J connectivity index is 0.000000360. The number of carboxylic acid groups (broad SMARTS) is 1. The number of hydrogen-bond acceptors (Lipinski definition) is 8. The SMILES string of the molecule is COc1cc(N2CC[C@]3(C[C@H](Oc4ncccc4F)CO3)C2)ncn1.O=C(O)C(F)(F)F. The van der Waals surface area contributed by atoms with Crippen molar-refractivity contribution >= 4 is 11.8 Å². The van der Waals surface area contributed by atoms with E-state index in [2.05, 4.69) is 19.9 Å². The molecule has 9 nitrogen and oxygen atoms in total. The van der Waals surface area contributed by atoms with Gasteiger partial charge < -0.3 is 24.2 Å². The standard InChI is InChI=1S/C17H19FN4O3.C2HF3O2/c1-23-15-7-14(20-11-21-15)22-6-4-17(10-22)8-12(9-24-17)25-16-13(18)3-2-5-19-16;3-2(4,5)1(6)7/h2-3,5,7,11-12H,4,6,8-10H2,1H3;(H,6,7)/t12-,17-;/m0./s1. The van der Waals surface area contributed by atoms with E-state index in [0.29, 0.717) is 25.5 Å². The van der Waals surface area contributed by atoms with Crippen molar-refractivity contribution in [1.82, 2.24) is 15.0 Å². The molecule has 2 aliphatic rings. The van der Waals surface area contributed by atoms with E-state index in [0.717, 1.165) is 18.8 Å². The fraction of sp³-hybridized carbons (Fsp3) is 0.474. The molecule has 32 heavy (non-hydrogen) atoms. The predicted molar refractivity (Wildman–Crippen MR) is 101 cm³/mol. The molecule has 1 spiro atoms. The Hall–Kier alpha value is -3.22. The number of aromatic nitrogens is 3. The van der Waals surface area contributed by atoms with Crippen LogP contribution in [0.1, 0.15) is 12.8 Å². The number of nitrogens with zero attached hydrogens (tertiary/aromatic N) is 4. The predicted octanol–water partition coefficient (Wildman–Crippen LogP) is 2.47. The quantitative estimate of drug-likeness (QED) is 0.689. The first-order valence-electron chi connectivity index (χ1n) is 9.44. The molecule has 1 N–H and O–H groups in total. The number of carbonyl (C=O) groups is 1. The molecular weight excluding hydrogens is 440 g/mol. The number of hydrogen-bond donors (Lipinski definition) is 1. The summed E-state index contributed by atoms with van der Waals surface area (Å²) in [4.78, 5) is 23.3. The molecule has 0 aliphatic carbocycles. The van der Waals surface area contributed by atoms with Crippen molar-refractivity contribution in [2.24, 2.45) is 0 Å². The highest BCUT2D eigenvalue weighted by Crippen LogP contribution is 2.38. The van der Waals surface area contributed by atoms with Crippen LogP contribution in [0.2, 0.25) is 0 Å². The van der Waals surface area contributed by atoms with Gasteiger partial charge in [-0.05, 0) is 18.6 Å². The summed E-state index contributed by atoms with van der Waals surface area (Å²) in [5.74, 6) is -1.83. The van der Waals surface area contributed by atoms with E-state index in [1.165, 1.54) is 18.6 Å². The van der Waals surface area contributed by atoms with Crippen molar-refractivity contribution in [3.05, 3.63) is 36.5 Å². The fourth-order valence-electron chi connectivity index (χ4n) is 3.43. The number of pyridine rings is 1. The number of anilines is 1. The molecule has 2 fully saturated rings. The van der Waals surface area contributed by atoms with Gasteiger partial charge in [-0.3, -0.25) is 0 Å². The maximum absolute atomic E-state index is 13.7. The van der Waals surface area contributed by atoms with E-state index in [1.807, 2.05) is 6.07 Å². The van der Waals surface area contributed by atoms with Crippen LogP contribution in [-0.4, -0.2) is 70.7 Å². The zero-order valence-corrected chi connectivity index (χ0v) is 16.9. The lowest BCUT2D eigenvalue weighted by molar-refractivity contribution is -0.192. The lowest BCUT2D eigenvalue weighted by Gasteiger charge is -2.23. The molecule has 0 amide bonds. The molecule has 0 unspecified atom stereocenters. The van der Waals surface area contributed by atoms with Gasteiger partial charge in [-0.25, -0.2) is 24.1 Å². The van der Waals surface area contributed by atoms with Crippen LogP contribution in [0.4, 0.5) is 23.4 Å². The molecule has 2 aliphatic heterocycles. The zero-order chi connectivity index (χ0) is 23.4. The molecule has 0 radical (unpaired) electrons. The molecule has 0 bridgehead atoms. The maximum Gasteiger partial charge on any atom is 0.490 e. The van der Waals surface area contributed by atoms with Gasteiger partial charge in [0, 0.05) is 31.8 Å². The number of rotatable bonds is 4. The van der Waals surface area contributed by atoms with Gasteiger partial charge in [-0.2, -0.15) is 13.2 Å². The van der Waals surface area contributed by atoms with Gasteiger partial charge in [0.15, 0.2) is 5.82 Å². The second kappa shape index (κ2) is 9.51. The molecule has 174 valence electrons. The highest BCUT2D eigenvalue weighted by atomic mass is 19.4. The van der Waals surface area contributed by atoms with E-state index in [4.69, 9.17) is 24.1 Å². The topological polar surface area (TPSA) is 107 Å². The lowest BCUT2D eigenvalue weighted by Crippen LogP contribution is -2.33. The van der Waals surface area contributed by atoms with Crippen LogP contribution in [0.25, 0.3) is 0 Å². The number of halogens is 4. The minimum absolute atomic E-state index is 0.0311. The smallest absolute Gasteiger partial charge is 0.481 e. The molecule has 4 heterocycles. The summed E-state index contributed by atoms with van der Waals surface area (Å²) < 4.78 is 62.3. The van der Waals surface area contributed by atoms with E-state index in [-0.39, 0.29) is 17.6 Å². The van der Waals surface area contributed by atoms with Crippen LogP contribution in [0.15, 0.2) is 30.7 Å². The normalized spacial score (nSPS) is 22.4. The minimum atomic E-state index is -5.08. The molecule has 2 aromatic heterocycles. The first-order chi connectivity index (χ1) is 15.1. The van der Waals surface area contributed by atoms with Gasteiger partial charge in [0.2, 0.25) is 5.88 Å². The lowest BCUT2D eigenvalue weighted by atomic mass is 9.98. The molecule has 13 heteroatoms. The molecular formula is C19H20F4N4O5. The minimum Gasteiger partial charge on any atom is -0.481 e. The molecule has 4 rings (SSSR count). The Labute approximate surface area is 180 Å². The Kier molecular flexibility index (Phi) is 6.96. The summed E-state index contributed by atoms with van der Waals surface area (Å²) in [6.45, 7) is 1.96. The number of aliphatic carboxylic acids is 1. The van der Waals surface area contributed by atoms with Crippen LogP contribution >= 0.6 is 0 Å². The van der Waals surface area contributed by atoms with Crippen LogP contribution in [-0.2, 0) is 9.53 Å². The summed E-state index contributed by atoms with van der Waals surface area (Å²) in [6.07, 6.45) is -0.718.